The molecule has 0 aliphatic carbocycles. The van der Waals surface area contributed by atoms with E-state index in [0.29, 0.717) is 4.48 Å². The van der Waals surface area contributed by atoms with Crippen molar-refractivity contribution in [3.05, 3.63) is 66.6 Å². The van der Waals surface area contributed by atoms with E-state index in [1.807, 2.05) is 30.6 Å². The minimum atomic E-state index is 0.665. The number of rotatable bonds is 1. The molecule has 0 fully saturated rings. The van der Waals surface area contributed by atoms with Gasteiger partial charge in [-0.3, -0.25) is 4.98 Å². The van der Waals surface area contributed by atoms with Crippen molar-refractivity contribution in [3.63, 3.8) is 0 Å². The fraction of sp³-hybridized carbons (Fsp3) is 0.0714. The van der Waals surface area contributed by atoms with E-state index in [-0.39, 0.29) is 0 Å². The number of nitrogens with zero attached hydrogens (tertiary/aromatic N) is 2. The Labute approximate surface area is 95.1 Å². The van der Waals surface area contributed by atoms with Crippen LogP contribution in [0.25, 0.3) is 0 Å². The molecule has 0 amide bonds. The second-order valence-corrected chi connectivity index (χ2v) is 4.07. The van der Waals surface area contributed by atoms with E-state index < -0.39 is 0 Å². The van der Waals surface area contributed by atoms with Crippen LogP contribution in [0.2, 0.25) is 0 Å². The van der Waals surface area contributed by atoms with Gasteiger partial charge >= 0.3 is 0 Å². The molecule has 0 spiro atoms. The summed E-state index contributed by atoms with van der Waals surface area (Å²) in [6.07, 6.45) is 9.05. The molecular formula is C14H12N2+. The van der Waals surface area contributed by atoms with Gasteiger partial charge in [-0.1, -0.05) is 12.1 Å². The average Bonchev–Trinajstić information content (AvgIpc) is 2.71. The molecule has 0 bridgehead atoms. The number of fused-ring (bicyclic) bond motifs is 1. The first-order valence-corrected chi connectivity index (χ1v) is 5.28. The lowest BCUT2D eigenvalue weighted by atomic mass is 10.2. The quantitative estimate of drug-likeness (QED) is 0.656. The van der Waals surface area contributed by atoms with Gasteiger partial charge in [0.05, 0.1) is 13.1 Å². The highest BCUT2D eigenvalue weighted by Crippen LogP contribution is 2.39. The van der Waals surface area contributed by atoms with Gasteiger partial charge in [-0.05, 0) is 6.07 Å². The molecule has 1 aliphatic rings. The number of para-hydroxylation sites is 1. The Morgan fingerprint density at radius 1 is 1.06 bits per heavy atom. The van der Waals surface area contributed by atoms with Crippen LogP contribution in [-0.2, 0) is 0 Å². The molecule has 1 unspecified atom stereocenters. The van der Waals surface area contributed by atoms with Gasteiger partial charge in [-0.15, -0.1) is 0 Å². The van der Waals surface area contributed by atoms with Gasteiger partial charge in [0, 0.05) is 36.2 Å². The fourth-order valence-corrected chi connectivity index (χ4v) is 2.14. The van der Waals surface area contributed by atoms with E-state index >= 15 is 0 Å². The third-order valence-electron chi connectivity index (χ3n) is 3.08. The van der Waals surface area contributed by atoms with Crippen molar-refractivity contribution in [3.8, 4) is 0 Å². The van der Waals surface area contributed by atoms with Crippen LogP contribution in [0.4, 0.5) is 11.4 Å². The van der Waals surface area contributed by atoms with Gasteiger partial charge in [0.1, 0.15) is 17.6 Å². The lowest BCUT2D eigenvalue weighted by Crippen LogP contribution is -2.31. The molecule has 2 heteroatoms. The Morgan fingerprint density at radius 3 is 2.62 bits per heavy atom. The van der Waals surface area contributed by atoms with Crippen molar-refractivity contribution in [1.29, 1.82) is 0 Å². The van der Waals surface area contributed by atoms with Crippen molar-refractivity contribution in [2.24, 2.45) is 0 Å². The number of quaternary nitrogens is 1. The van der Waals surface area contributed by atoms with Crippen LogP contribution in [0.5, 0.6) is 0 Å². The number of hydrogen-bond donors (Lipinski definition) is 0. The summed E-state index contributed by atoms with van der Waals surface area (Å²) >= 11 is 0. The zero-order valence-corrected chi connectivity index (χ0v) is 9.09. The molecule has 1 aromatic carbocycles. The van der Waals surface area contributed by atoms with Gasteiger partial charge < -0.3 is 0 Å². The Morgan fingerprint density at radius 2 is 1.81 bits per heavy atom. The van der Waals surface area contributed by atoms with Crippen molar-refractivity contribution in [2.45, 2.75) is 0 Å². The highest BCUT2D eigenvalue weighted by Gasteiger charge is 2.32. The molecule has 1 atom stereocenters. The first-order valence-electron chi connectivity index (χ1n) is 5.28. The molecule has 0 N–H and O–H groups in total. The van der Waals surface area contributed by atoms with E-state index in [1.54, 1.807) is 0 Å². The third kappa shape index (κ3) is 1.20. The van der Waals surface area contributed by atoms with E-state index in [4.69, 9.17) is 0 Å². The maximum Gasteiger partial charge on any atom is 0.150 e. The molecule has 1 aliphatic heterocycles. The number of benzene rings is 1. The first kappa shape index (κ1) is 9.31. The fourth-order valence-electron chi connectivity index (χ4n) is 2.14. The lowest BCUT2D eigenvalue weighted by Gasteiger charge is -2.26. The molecule has 2 heterocycles. The molecule has 77 valence electrons. The van der Waals surface area contributed by atoms with Crippen LogP contribution >= 0.6 is 0 Å². The number of aromatic nitrogens is 1. The summed E-state index contributed by atoms with van der Waals surface area (Å²) in [7, 11) is 2.16. The van der Waals surface area contributed by atoms with Crippen LogP contribution in [0.3, 0.4) is 0 Å². The van der Waals surface area contributed by atoms with Crippen LogP contribution in [0, 0.1) is 6.08 Å². The highest BCUT2D eigenvalue weighted by molar-refractivity contribution is 5.68. The molecule has 16 heavy (non-hydrogen) atoms. The molecule has 2 aromatic rings. The van der Waals surface area contributed by atoms with Crippen LogP contribution in [0.1, 0.15) is 5.56 Å². The number of pyridine rings is 1. The minimum absolute atomic E-state index is 0.665. The Balaban J connectivity index is 2.19. The molecule has 0 saturated heterocycles. The van der Waals surface area contributed by atoms with E-state index in [2.05, 4.69) is 42.5 Å². The SMILES string of the molecule is C[N+]1(c2ccncc2)C=[C]c2ccccc21. The molecular weight excluding hydrogens is 196 g/mol. The van der Waals surface area contributed by atoms with Gasteiger partial charge in [-0.2, -0.15) is 0 Å². The van der Waals surface area contributed by atoms with E-state index in [9.17, 15) is 0 Å². The zero-order valence-electron chi connectivity index (χ0n) is 9.09. The maximum absolute atomic E-state index is 4.06. The molecule has 1 radical (unpaired) electrons. The minimum Gasteiger partial charge on any atom is -0.264 e. The van der Waals surface area contributed by atoms with Crippen molar-refractivity contribution in [1.82, 2.24) is 9.47 Å². The molecule has 2 nitrogen and oxygen atoms in total. The van der Waals surface area contributed by atoms with Gasteiger partial charge in [0.15, 0.2) is 0 Å². The lowest BCUT2D eigenvalue weighted by molar-refractivity contribution is 0.622. The van der Waals surface area contributed by atoms with Gasteiger partial charge in [0.2, 0.25) is 0 Å². The van der Waals surface area contributed by atoms with E-state index in [0.717, 1.165) is 0 Å². The second kappa shape index (κ2) is 3.29. The predicted molar refractivity (Wildman–Crippen MR) is 65.0 cm³/mol. The van der Waals surface area contributed by atoms with Gasteiger partial charge in [0.25, 0.3) is 0 Å². The summed E-state index contributed by atoms with van der Waals surface area (Å²) in [5, 5.41) is 0. The standard InChI is InChI=1S/C14H12N2/c1-16(13-6-9-15-10-7-13)11-8-12-4-2-3-5-14(12)16/h2-7,9-11H,1H3/q+1. The summed E-state index contributed by atoms with van der Waals surface area (Å²) in [5.41, 5.74) is 3.63. The first-order chi connectivity index (χ1) is 7.81. The maximum atomic E-state index is 4.06. The monoisotopic (exact) mass is 208 g/mol. The predicted octanol–water partition coefficient (Wildman–Crippen LogP) is 3.03. The molecule has 3 rings (SSSR count). The number of hydrogen-bond acceptors (Lipinski definition) is 1. The Hall–Kier alpha value is -1.93. The highest BCUT2D eigenvalue weighted by atomic mass is 15.3. The van der Waals surface area contributed by atoms with Gasteiger partial charge in [-0.25, -0.2) is 4.48 Å². The summed E-state index contributed by atoms with van der Waals surface area (Å²) in [6, 6.07) is 12.4. The topological polar surface area (TPSA) is 12.9 Å². The largest absolute Gasteiger partial charge is 0.264 e. The normalized spacial score (nSPS) is 22.1. The molecule has 0 saturated carbocycles. The summed E-state index contributed by atoms with van der Waals surface area (Å²) < 4.78 is 0.665. The summed E-state index contributed by atoms with van der Waals surface area (Å²) in [6.45, 7) is 0. The van der Waals surface area contributed by atoms with Crippen LogP contribution < -0.4 is 4.48 Å². The second-order valence-electron chi connectivity index (χ2n) is 4.07. The summed E-state index contributed by atoms with van der Waals surface area (Å²) in [4.78, 5) is 4.06. The molecule has 1 aromatic heterocycles. The Kier molecular flexibility index (Phi) is 1.91. The van der Waals surface area contributed by atoms with E-state index in [1.165, 1.54) is 16.9 Å². The smallest absolute Gasteiger partial charge is 0.150 e. The van der Waals surface area contributed by atoms with Crippen molar-refractivity contribution >= 4 is 11.4 Å². The average molecular weight is 208 g/mol. The zero-order chi connectivity index (χ0) is 11.0. The third-order valence-corrected chi connectivity index (χ3v) is 3.08. The summed E-state index contributed by atoms with van der Waals surface area (Å²) in [5.74, 6) is 0. The van der Waals surface area contributed by atoms with Crippen LogP contribution in [-0.4, -0.2) is 12.0 Å². The Bertz CT molecular complexity index is 546. The van der Waals surface area contributed by atoms with Crippen LogP contribution in [0.15, 0.2) is 55.0 Å². The van der Waals surface area contributed by atoms with Crippen molar-refractivity contribution < 1.29 is 0 Å². The van der Waals surface area contributed by atoms with Crippen molar-refractivity contribution in [2.75, 3.05) is 7.05 Å².